The van der Waals surface area contributed by atoms with Gasteiger partial charge in [-0.1, -0.05) is 27.7 Å². The van der Waals surface area contributed by atoms with Gasteiger partial charge in [0, 0.05) is 12.3 Å². The van der Waals surface area contributed by atoms with E-state index in [1.807, 2.05) is 0 Å². The van der Waals surface area contributed by atoms with Crippen molar-refractivity contribution >= 4 is 0 Å². The third-order valence-electron chi connectivity index (χ3n) is 11.9. The van der Waals surface area contributed by atoms with Crippen LogP contribution < -0.4 is 0 Å². The average molecular weight is 417 g/mol. The van der Waals surface area contributed by atoms with Crippen LogP contribution in [0.15, 0.2) is 0 Å². The molecule has 1 N–H and O–H groups in total. The Hall–Kier alpha value is -0.120. The molecule has 2 saturated heterocycles. The Morgan fingerprint density at radius 3 is 2.40 bits per heavy atom. The van der Waals surface area contributed by atoms with E-state index in [2.05, 4.69) is 27.7 Å². The van der Waals surface area contributed by atoms with Gasteiger partial charge in [0.1, 0.15) is 0 Å². The van der Waals surface area contributed by atoms with E-state index in [9.17, 15) is 5.11 Å². The summed E-state index contributed by atoms with van der Waals surface area (Å²) >= 11 is 0. The van der Waals surface area contributed by atoms with Crippen LogP contribution in [0.4, 0.5) is 0 Å². The predicted molar refractivity (Wildman–Crippen MR) is 118 cm³/mol. The summed E-state index contributed by atoms with van der Waals surface area (Å²) in [5.74, 6) is 4.93. The molecule has 6 rings (SSSR count). The van der Waals surface area contributed by atoms with Crippen LogP contribution in [0, 0.1) is 52.3 Å². The van der Waals surface area contributed by atoms with Gasteiger partial charge in [-0.3, -0.25) is 0 Å². The van der Waals surface area contributed by atoms with Crippen LogP contribution in [-0.2, 0) is 9.47 Å². The Morgan fingerprint density at radius 2 is 1.63 bits per heavy atom. The highest BCUT2D eigenvalue weighted by Gasteiger charge is 2.69. The molecule has 0 aromatic carbocycles. The Labute approximate surface area is 183 Å². The molecule has 0 aromatic heterocycles. The molecule has 12 atom stereocenters. The van der Waals surface area contributed by atoms with Crippen LogP contribution in [0.25, 0.3) is 0 Å². The first-order valence-corrected chi connectivity index (χ1v) is 13.3. The fraction of sp³-hybridized carbons (Fsp3) is 1.00. The zero-order chi connectivity index (χ0) is 20.9. The van der Waals surface area contributed by atoms with Crippen molar-refractivity contribution in [3.63, 3.8) is 0 Å². The lowest BCUT2D eigenvalue weighted by Crippen LogP contribution is -2.55. The average Bonchev–Trinajstić information content (AvgIpc) is 3.16. The van der Waals surface area contributed by atoms with Gasteiger partial charge < -0.3 is 14.6 Å². The molecule has 3 heteroatoms. The lowest BCUT2D eigenvalue weighted by molar-refractivity contribution is -0.273. The topological polar surface area (TPSA) is 38.7 Å². The summed E-state index contributed by atoms with van der Waals surface area (Å²) in [5.41, 5.74) is 0.899. The molecule has 0 bridgehead atoms. The van der Waals surface area contributed by atoms with Gasteiger partial charge in [-0.15, -0.1) is 0 Å². The lowest BCUT2D eigenvalue weighted by atomic mass is 9.44. The number of rotatable bonds is 0. The van der Waals surface area contributed by atoms with Crippen molar-refractivity contribution in [1.29, 1.82) is 0 Å². The minimum atomic E-state index is -0.282. The van der Waals surface area contributed by atoms with Gasteiger partial charge in [-0.05, 0) is 104 Å². The second-order valence-electron chi connectivity index (χ2n) is 13.1. The van der Waals surface area contributed by atoms with Gasteiger partial charge in [-0.2, -0.15) is 0 Å². The molecule has 2 heterocycles. The van der Waals surface area contributed by atoms with E-state index >= 15 is 0 Å². The zero-order valence-corrected chi connectivity index (χ0v) is 19.7. The highest BCUT2D eigenvalue weighted by molar-refractivity contribution is 5.15. The van der Waals surface area contributed by atoms with Gasteiger partial charge in [0.15, 0.2) is 5.79 Å². The Bertz CT molecular complexity index is 684. The first-order valence-electron chi connectivity index (χ1n) is 13.3. The molecule has 0 radical (unpaired) electrons. The summed E-state index contributed by atoms with van der Waals surface area (Å²) in [4.78, 5) is 0. The van der Waals surface area contributed by atoms with E-state index in [0.717, 1.165) is 49.5 Å². The van der Waals surface area contributed by atoms with E-state index in [1.54, 1.807) is 0 Å². The minimum absolute atomic E-state index is 0.0389. The number of aliphatic hydroxyl groups excluding tert-OH is 1. The predicted octanol–water partition coefficient (Wildman–Crippen LogP) is 5.79. The number of hydrogen-bond donors (Lipinski definition) is 1. The van der Waals surface area contributed by atoms with Gasteiger partial charge in [-0.25, -0.2) is 0 Å². The highest BCUT2D eigenvalue weighted by atomic mass is 16.7. The maximum absolute atomic E-state index is 10.3. The fourth-order valence-corrected chi connectivity index (χ4v) is 10.3. The molecule has 0 unspecified atom stereocenters. The van der Waals surface area contributed by atoms with Gasteiger partial charge in [0.2, 0.25) is 0 Å². The van der Waals surface area contributed by atoms with Crippen molar-refractivity contribution in [3.05, 3.63) is 0 Å². The molecule has 4 saturated carbocycles. The van der Waals surface area contributed by atoms with Crippen LogP contribution in [0.3, 0.4) is 0 Å². The van der Waals surface area contributed by atoms with Gasteiger partial charge in [0.05, 0.1) is 18.8 Å². The van der Waals surface area contributed by atoms with Crippen molar-refractivity contribution in [3.8, 4) is 0 Å². The minimum Gasteiger partial charge on any atom is -0.393 e. The molecule has 6 fully saturated rings. The van der Waals surface area contributed by atoms with E-state index in [0.29, 0.717) is 34.7 Å². The Kier molecular flexibility index (Phi) is 4.58. The molecule has 0 aromatic rings. The van der Waals surface area contributed by atoms with E-state index in [4.69, 9.17) is 9.47 Å². The van der Waals surface area contributed by atoms with Crippen LogP contribution >= 0.6 is 0 Å². The monoisotopic (exact) mass is 416 g/mol. The standard InChI is InChI=1S/C27H44O3/c1-16-7-12-27(29-15-16)17(2)24-23(30-27)14-22-20-6-5-18-13-19(28)8-10-25(18,3)21(20)9-11-26(22,24)4/h16-24,28H,5-15H2,1-4H3/t16-,17+,18+,19-,20-,21-,22-,23-,24+,25+,26-,27-/m1/s1. The largest absolute Gasteiger partial charge is 0.393 e. The maximum atomic E-state index is 10.3. The summed E-state index contributed by atoms with van der Waals surface area (Å²) in [7, 11) is 0. The number of hydrogen-bond acceptors (Lipinski definition) is 3. The molecule has 0 amide bonds. The van der Waals surface area contributed by atoms with Crippen molar-refractivity contribution in [2.75, 3.05) is 6.61 Å². The third-order valence-corrected chi connectivity index (χ3v) is 11.9. The second kappa shape index (κ2) is 6.70. The van der Waals surface area contributed by atoms with Crippen molar-refractivity contribution < 1.29 is 14.6 Å². The summed E-state index contributed by atoms with van der Waals surface area (Å²) in [6.07, 6.45) is 12.9. The van der Waals surface area contributed by atoms with E-state index < -0.39 is 0 Å². The number of fused-ring (bicyclic) bond motifs is 7. The number of aliphatic hydroxyl groups is 1. The summed E-state index contributed by atoms with van der Waals surface area (Å²) in [5, 5.41) is 10.3. The Morgan fingerprint density at radius 1 is 0.833 bits per heavy atom. The molecule has 2 aliphatic heterocycles. The first-order chi connectivity index (χ1) is 14.3. The quantitative estimate of drug-likeness (QED) is 0.543. The third kappa shape index (κ3) is 2.61. The zero-order valence-electron chi connectivity index (χ0n) is 19.7. The van der Waals surface area contributed by atoms with Crippen molar-refractivity contribution in [1.82, 2.24) is 0 Å². The fourth-order valence-electron chi connectivity index (χ4n) is 10.3. The molecule has 1 spiro atoms. The molecule has 4 aliphatic carbocycles. The summed E-state index contributed by atoms with van der Waals surface area (Å²) < 4.78 is 13.4. The SMILES string of the molecule is C[C@@H]1CC[C@@]2(OC1)O[C@@H]1C[C@@H]3[C@@H]4CC[C@H]5C[C@H](O)CC[C@]5(C)[C@@H]4CC[C@@]3(C)[C@H]1[C@@H]2C. The molecular weight excluding hydrogens is 372 g/mol. The Balaban J connectivity index is 1.26. The maximum Gasteiger partial charge on any atom is 0.171 e. The van der Waals surface area contributed by atoms with Crippen LogP contribution in [-0.4, -0.2) is 29.7 Å². The molecule has 6 aliphatic rings. The molecule has 170 valence electrons. The van der Waals surface area contributed by atoms with Crippen molar-refractivity contribution in [2.24, 2.45) is 52.3 Å². The molecular formula is C27H44O3. The lowest BCUT2D eigenvalue weighted by Gasteiger charge is -2.61. The second-order valence-corrected chi connectivity index (χ2v) is 13.1. The van der Waals surface area contributed by atoms with Gasteiger partial charge in [0.25, 0.3) is 0 Å². The van der Waals surface area contributed by atoms with E-state index in [1.165, 1.54) is 44.9 Å². The molecule has 30 heavy (non-hydrogen) atoms. The van der Waals surface area contributed by atoms with Crippen molar-refractivity contribution in [2.45, 2.75) is 110 Å². The van der Waals surface area contributed by atoms with Gasteiger partial charge >= 0.3 is 0 Å². The van der Waals surface area contributed by atoms with Crippen LogP contribution in [0.5, 0.6) is 0 Å². The summed E-state index contributed by atoms with van der Waals surface area (Å²) in [6.45, 7) is 10.9. The molecule has 3 nitrogen and oxygen atoms in total. The normalized spacial score (nSPS) is 62.5. The highest BCUT2D eigenvalue weighted by Crippen LogP contribution is 2.71. The van der Waals surface area contributed by atoms with E-state index in [-0.39, 0.29) is 11.9 Å². The van der Waals surface area contributed by atoms with Crippen LogP contribution in [0.2, 0.25) is 0 Å². The first kappa shape index (κ1) is 20.5. The summed E-state index contributed by atoms with van der Waals surface area (Å²) in [6, 6.07) is 0. The smallest absolute Gasteiger partial charge is 0.171 e. The van der Waals surface area contributed by atoms with Crippen LogP contribution in [0.1, 0.15) is 91.9 Å². The number of ether oxygens (including phenoxy) is 2.